The standard InChI is InChI=1S/C6H11F3N2O/c7-6(8,9)2-5-12-11-4-1-3-10/h4H,1-3,5,10H2. The maximum Gasteiger partial charge on any atom is 0.392 e. The molecule has 0 aliphatic carbocycles. The first-order valence-electron chi connectivity index (χ1n) is 3.47. The summed E-state index contributed by atoms with van der Waals surface area (Å²) < 4.78 is 34.4. The molecule has 72 valence electrons. The predicted octanol–water partition coefficient (Wildman–Crippen LogP) is 1.29. The van der Waals surface area contributed by atoms with Crippen molar-refractivity contribution in [3.63, 3.8) is 0 Å². The van der Waals surface area contributed by atoms with Crippen LogP contribution in [-0.4, -0.2) is 25.5 Å². The van der Waals surface area contributed by atoms with E-state index in [4.69, 9.17) is 5.73 Å². The first-order valence-corrected chi connectivity index (χ1v) is 3.47. The van der Waals surface area contributed by atoms with E-state index in [1.54, 1.807) is 0 Å². The zero-order valence-electron chi connectivity index (χ0n) is 6.47. The van der Waals surface area contributed by atoms with Crippen LogP contribution in [0.1, 0.15) is 12.8 Å². The van der Waals surface area contributed by atoms with Crippen molar-refractivity contribution in [1.29, 1.82) is 0 Å². The summed E-state index contributed by atoms with van der Waals surface area (Å²) in [5, 5.41) is 3.26. The lowest BCUT2D eigenvalue weighted by Gasteiger charge is -2.03. The lowest BCUT2D eigenvalue weighted by Crippen LogP contribution is -2.10. The first kappa shape index (κ1) is 11.2. The van der Waals surface area contributed by atoms with Gasteiger partial charge in [0, 0.05) is 6.21 Å². The van der Waals surface area contributed by atoms with Crippen molar-refractivity contribution in [2.75, 3.05) is 13.2 Å². The highest BCUT2D eigenvalue weighted by Crippen LogP contribution is 2.18. The average molecular weight is 184 g/mol. The minimum Gasteiger partial charge on any atom is -0.396 e. The number of nitrogens with zero attached hydrogens (tertiary/aromatic N) is 1. The largest absolute Gasteiger partial charge is 0.396 e. The Morgan fingerprint density at radius 2 is 2.08 bits per heavy atom. The summed E-state index contributed by atoms with van der Waals surface area (Å²) in [4.78, 5) is 4.31. The van der Waals surface area contributed by atoms with E-state index in [0.29, 0.717) is 13.0 Å². The van der Waals surface area contributed by atoms with Crippen LogP contribution in [0.4, 0.5) is 13.2 Å². The van der Waals surface area contributed by atoms with Crippen LogP contribution < -0.4 is 5.73 Å². The lowest BCUT2D eigenvalue weighted by molar-refractivity contribution is -0.145. The molecule has 0 bridgehead atoms. The van der Waals surface area contributed by atoms with E-state index in [9.17, 15) is 13.2 Å². The van der Waals surface area contributed by atoms with E-state index < -0.39 is 19.2 Å². The van der Waals surface area contributed by atoms with Crippen molar-refractivity contribution in [1.82, 2.24) is 0 Å². The number of rotatable bonds is 5. The molecular formula is C6H11F3N2O. The highest BCUT2D eigenvalue weighted by atomic mass is 19.4. The smallest absolute Gasteiger partial charge is 0.392 e. The summed E-state index contributed by atoms with van der Waals surface area (Å²) in [6.07, 6.45) is -3.31. The van der Waals surface area contributed by atoms with Crippen molar-refractivity contribution in [2.24, 2.45) is 10.9 Å². The fourth-order valence-corrected chi connectivity index (χ4v) is 0.394. The molecule has 0 aliphatic heterocycles. The second-order valence-electron chi connectivity index (χ2n) is 2.06. The molecule has 0 aliphatic rings. The molecule has 0 rings (SSSR count). The van der Waals surface area contributed by atoms with Crippen LogP contribution in [0.5, 0.6) is 0 Å². The molecule has 2 N–H and O–H groups in total. The van der Waals surface area contributed by atoms with Gasteiger partial charge in [-0.15, -0.1) is 0 Å². The van der Waals surface area contributed by atoms with Gasteiger partial charge in [0.2, 0.25) is 0 Å². The van der Waals surface area contributed by atoms with Crippen molar-refractivity contribution in [3.05, 3.63) is 0 Å². The maximum atomic E-state index is 11.5. The van der Waals surface area contributed by atoms with Gasteiger partial charge in [-0.05, 0) is 13.0 Å². The molecule has 6 heteroatoms. The van der Waals surface area contributed by atoms with Gasteiger partial charge in [0.1, 0.15) is 6.61 Å². The summed E-state index contributed by atoms with van der Waals surface area (Å²) in [5.74, 6) is 0. The Hall–Kier alpha value is -0.780. The Labute approximate surface area is 68.4 Å². The van der Waals surface area contributed by atoms with Crippen LogP contribution in [0.25, 0.3) is 0 Å². The molecule has 12 heavy (non-hydrogen) atoms. The van der Waals surface area contributed by atoms with Gasteiger partial charge in [-0.25, -0.2) is 0 Å². The SMILES string of the molecule is NCCC=NOCCC(F)(F)F. The second kappa shape index (κ2) is 5.82. The Balaban J connectivity index is 3.21. The van der Waals surface area contributed by atoms with Crippen LogP contribution in [0.2, 0.25) is 0 Å². The van der Waals surface area contributed by atoms with Crippen LogP contribution >= 0.6 is 0 Å². The molecule has 0 atom stereocenters. The Morgan fingerprint density at radius 3 is 2.58 bits per heavy atom. The summed E-state index contributed by atoms with van der Waals surface area (Å²) in [5.41, 5.74) is 5.09. The molecule has 0 aromatic rings. The number of halogens is 3. The fourth-order valence-electron chi connectivity index (χ4n) is 0.394. The number of oxime groups is 1. The van der Waals surface area contributed by atoms with Crippen LogP contribution in [0, 0.1) is 0 Å². The van der Waals surface area contributed by atoms with E-state index in [2.05, 4.69) is 9.99 Å². The van der Waals surface area contributed by atoms with Crippen molar-refractivity contribution >= 4 is 6.21 Å². The number of alkyl halides is 3. The molecule has 0 spiro atoms. The molecule has 0 saturated carbocycles. The molecule has 0 amide bonds. The van der Waals surface area contributed by atoms with Crippen LogP contribution in [0.15, 0.2) is 5.16 Å². The molecule has 0 unspecified atom stereocenters. The number of hydrogen-bond acceptors (Lipinski definition) is 3. The van der Waals surface area contributed by atoms with E-state index in [1.807, 2.05) is 0 Å². The average Bonchev–Trinajstić information content (AvgIpc) is 1.94. The van der Waals surface area contributed by atoms with Gasteiger partial charge in [-0.1, -0.05) is 5.16 Å². The molecule has 0 aromatic heterocycles. The minimum absolute atomic E-state index is 0.409. The summed E-state index contributed by atoms with van der Waals surface area (Å²) in [7, 11) is 0. The van der Waals surface area contributed by atoms with Crippen molar-refractivity contribution in [3.8, 4) is 0 Å². The van der Waals surface area contributed by atoms with E-state index in [-0.39, 0.29) is 0 Å². The molecule has 3 nitrogen and oxygen atoms in total. The number of hydrogen-bond donors (Lipinski definition) is 1. The molecule has 0 saturated heterocycles. The van der Waals surface area contributed by atoms with Crippen LogP contribution in [-0.2, 0) is 4.84 Å². The van der Waals surface area contributed by atoms with Gasteiger partial charge in [0.15, 0.2) is 0 Å². The molecule has 0 radical (unpaired) electrons. The highest BCUT2D eigenvalue weighted by Gasteiger charge is 2.26. The molecule has 0 aromatic carbocycles. The topological polar surface area (TPSA) is 47.6 Å². The number of nitrogens with two attached hydrogens (primary N) is 1. The quantitative estimate of drug-likeness (QED) is 0.397. The lowest BCUT2D eigenvalue weighted by atomic mass is 10.5. The molecule has 0 heterocycles. The van der Waals surface area contributed by atoms with Gasteiger partial charge >= 0.3 is 6.18 Å². The summed E-state index contributed by atoms with van der Waals surface area (Å²) >= 11 is 0. The third-order valence-corrected chi connectivity index (χ3v) is 0.922. The van der Waals surface area contributed by atoms with Crippen molar-refractivity contribution in [2.45, 2.75) is 19.0 Å². The monoisotopic (exact) mass is 184 g/mol. The molecular weight excluding hydrogens is 173 g/mol. The van der Waals surface area contributed by atoms with Gasteiger partial charge in [-0.2, -0.15) is 13.2 Å². The van der Waals surface area contributed by atoms with Gasteiger partial charge in [-0.3, -0.25) is 0 Å². The maximum absolute atomic E-state index is 11.5. The third-order valence-electron chi connectivity index (χ3n) is 0.922. The summed E-state index contributed by atoms with van der Waals surface area (Å²) in [6.45, 7) is -0.0310. The second-order valence-corrected chi connectivity index (χ2v) is 2.06. The predicted molar refractivity (Wildman–Crippen MR) is 38.8 cm³/mol. The Bertz CT molecular complexity index is 135. The van der Waals surface area contributed by atoms with Gasteiger partial charge < -0.3 is 10.6 Å². The first-order chi connectivity index (χ1) is 5.56. The zero-order chi connectivity index (χ0) is 9.45. The van der Waals surface area contributed by atoms with E-state index >= 15 is 0 Å². The van der Waals surface area contributed by atoms with Crippen LogP contribution in [0.3, 0.4) is 0 Å². The Kier molecular flexibility index (Phi) is 5.44. The minimum atomic E-state index is -4.18. The van der Waals surface area contributed by atoms with Gasteiger partial charge in [0.25, 0.3) is 0 Å². The van der Waals surface area contributed by atoms with E-state index in [1.165, 1.54) is 6.21 Å². The zero-order valence-corrected chi connectivity index (χ0v) is 6.47. The van der Waals surface area contributed by atoms with Gasteiger partial charge in [0.05, 0.1) is 6.42 Å². The molecule has 0 fully saturated rings. The third kappa shape index (κ3) is 9.22. The van der Waals surface area contributed by atoms with Crippen molar-refractivity contribution < 1.29 is 18.0 Å². The fraction of sp³-hybridized carbons (Fsp3) is 0.833. The Morgan fingerprint density at radius 1 is 1.42 bits per heavy atom. The summed E-state index contributed by atoms with van der Waals surface area (Å²) in [6, 6.07) is 0. The van der Waals surface area contributed by atoms with E-state index in [0.717, 1.165) is 0 Å². The highest BCUT2D eigenvalue weighted by molar-refractivity contribution is 5.56. The normalized spacial score (nSPS) is 12.3.